The van der Waals surface area contributed by atoms with Gasteiger partial charge in [-0.05, 0) is 68.6 Å². The van der Waals surface area contributed by atoms with Crippen molar-refractivity contribution >= 4 is 23.4 Å². The highest BCUT2D eigenvalue weighted by Gasteiger charge is 2.29. The summed E-state index contributed by atoms with van der Waals surface area (Å²) >= 11 is 0. The minimum Gasteiger partial charge on any atom is -0.450 e. The van der Waals surface area contributed by atoms with Crippen molar-refractivity contribution in [1.82, 2.24) is 14.9 Å². The number of carbonyl (C=O) groups is 1. The van der Waals surface area contributed by atoms with E-state index < -0.39 is 0 Å². The van der Waals surface area contributed by atoms with Crippen LogP contribution in [0.2, 0.25) is 0 Å². The lowest BCUT2D eigenvalue weighted by molar-refractivity contribution is -0.126. The number of fused-ring (bicyclic) bond motifs is 2. The third kappa shape index (κ3) is 5.89. The van der Waals surface area contributed by atoms with Gasteiger partial charge in [-0.15, -0.1) is 0 Å². The molecule has 2 aromatic rings. The maximum atomic E-state index is 12.9. The van der Waals surface area contributed by atoms with E-state index in [1.165, 1.54) is 37.7 Å². The number of nitrogens with zero attached hydrogens (tertiary/aromatic N) is 3. The molecule has 2 aliphatic carbocycles. The number of aliphatic imine (C=N–C) groups is 1. The van der Waals surface area contributed by atoms with Crippen molar-refractivity contribution < 1.29 is 9.53 Å². The Hall–Kier alpha value is -3.56. The van der Waals surface area contributed by atoms with Gasteiger partial charge in [-0.25, -0.2) is 4.79 Å². The van der Waals surface area contributed by atoms with Crippen LogP contribution in [0.1, 0.15) is 81.7 Å². The minimum atomic E-state index is -0.297. The Labute approximate surface area is 216 Å². The molecule has 2 heterocycles. The van der Waals surface area contributed by atoms with E-state index in [0.29, 0.717) is 37.0 Å². The van der Waals surface area contributed by atoms with Gasteiger partial charge >= 0.3 is 5.69 Å². The second-order valence-corrected chi connectivity index (χ2v) is 10.4. The quantitative estimate of drug-likeness (QED) is 0.217. The third-order valence-electron chi connectivity index (χ3n) is 7.86. The lowest BCUT2D eigenvalue weighted by Crippen LogP contribution is -2.36. The summed E-state index contributed by atoms with van der Waals surface area (Å²) in [6.45, 7) is 1.03. The molecule has 6 N–H and O–H groups in total. The molecule has 37 heavy (non-hydrogen) atoms. The summed E-state index contributed by atoms with van der Waals surface area (Å²) in [5.41, 5.74) is 12.5. The number of guanidine groups is 1. The second-order valence-electron chi connectivity index (χ2n) is 10.4. The molecule has 10 heteroatoms. The molecule has 198 valence electrons. The fourth-order valence-corrected chi connectivity index (χ4v) is 5.81. The summed E-state index contributed by atoms with van der Waals surface area (Å²) in [5.74, 6) is 2.41. The lowest BCUT2D eigenvalue weighted by Gasteiger charge is -2.30. The zero-order valence-electron chi connectivity index (χ0n) is 21.2. The molecule has 0 unspecified atom stereocenters. The highest BCUT2D eigenvalue weighted by atomic mass is 16.5. The summed E-state index contributed by atoms with van der Waals surface area (Å²) in [6.07, 6.45) is 11.7. The summed E-state index contributed by atoms with van der Waals surface area (Å²) in [7, 11) is 0. The van der Waals surface area contributed by atoms with Crippen molar-refractivity contribution in [3.8, 4) is 11.5 Å². The first kappa shape index (κ1) is 25.1. The first-order valence-electron chi connectivity index (χ1n) is 13.5. The van der Waals surface area contributed by atoms with Crippen LogP contribution in [0.3, 0.4) is 0 Å². The van der Waals surface area contributed by atoms with Gasteiger partial charge in [0.1, 0.15) is 0 Å². The fourth-order valence-electron chi connectivity index (χ4n) is 5.81. The molecule has 1 aromatic carbocycles. The smallest absolute Gasteiger partial charge is 0.350 e. The molecule has 10 nitrogen and oxygen atoms in total. The van der Waals surface area contributed by atoms with Gasteiger partial charge in [0.05, 0.1) is 11.9 Å². The number of nitrogens with one attached hydrogen (secondary N) is 2. The maximum Gasteiger partial charge on any atom is 0.350 e. The van der Waals surface area contributed by atoms with Gasteiger partial charge < -0.3 is 26.8 Å². The third-order valence-corrected chi connectivity index (χ3v) is 7.86. The van der Waals surface area contributed by atoms with Crippen LogP contribution in [0.4, 0.5) is 11.5 Å². The number of carbonyl (C=O) groups excluding carboxylic acids is 1. The highest BCUT2D eigenvalue weighted by molar-refractivity contribution is 5.78. The zero-order valence-corrected chi connectivity index (χ0v) is 21.2. The molecule has 2 saturated carbocycles. The largest absolute Gasteiger partial charge is 0.450 e. The second kappa shape index (κ2) is 11.2. The van der Waals surface area contributed by atoms with E-state index in [1.54, 1.807) is 10.8 Å². The molecular formula is C27H37N7O3. The van der Waals surface area contributed by atoms with Crippen LogP contribution in [-0.2, 0) is 4.79 Å². The Kier molecular flexibility index (Phi) is 7.62. The molecule has 0 radical (unpaired) electrons. The van der Waals surface area contributed by atoms with E-state index in [4.69, 9.17) is 16.2 Å². The molecule has 0 spiro atoms. The molecule has 1 aliphatic heterocycles. The lowest BCUT2D eigenvalue weighted by atomic mass is 9.84. The van der Waals surface area contributed by atoms with Crippen molar-refractivity contribution in [2.24, 2.45) is 22.4 Å². The van der Waals surface area contributed by atoms with Crippen LogP contribution < -0.4 is 32.5 Å². The Morgan fingerprint density at radius 1 is 1.11 bits per heavy atom. The predicted octanol–water partition coefficient (Wildman–Crippen LogP) is 3.65. The van der Waals surface area contributed by atoms with Gasteiger partial charge in [0.15, 0.2) is 23.3 Å². The van der Waals surface area contributed by atoms with E-state index in [0.717, 1.165) is 37.1 Å². The summed E-state index contributed by atoms with van der Waals surface area (Å²) in [6, 6.07) is 6.33. The number of aromatic nitrogens is 2. The summed E-state index contributed by atoms with van der Waals surface area (Å²) in [4.78, 5) is 33.7. The highest BCUT2D eigenvalue weighted by Crippen LogP contribution is 2.43. The number of benzene rings is 1. The SMILES string of the molecule is NC(N)=NCCCNC(=O)C1CCC(n2cc3c(nc2=O)Nc2cc(C4CCCCC4)ccc2O3)CC1. The van der Waals surface area contributed by atoms with Gasteiger partial charge in [-0.3, -0.25) is 14.4 Å². The molecule has 2 fully saturated rings. The van der Waals surface area contributed by atoms with E-state index in [1.807, 2.05) is 6.07 Å². The van der Waals surface area contributed by atoms with Crippen molar-refractivity contribution in [2.75, 3.05) is 18.4 Å². The maximum absolute atomic E-state index is 12.9. The van der Waals surface area contributed by atoms with Crippen LogP contribution in [0.15, 0.2) is 34.2 Å². The molecule has 1 aromatic heterocycles. The number of amides is 1. The number of hydrogen-bond donors (Lipinski definition) is 4. The van der Waals surface area contributed by atoms with Crippen molar-refractivity contribution in [3.63, 3.8) is 0 Å². The Balaban J connectivity index is 1.19. The summed E-state index contributed by atoms with van der Waals surface area (Å²) in [5, 5.41) is 6.29. The average Bonchev–Trinajstić information content (AvgIpc) is 2.91. The fraction of sp³-hybridized carbons (Fsp3) is 0.556. The molecule has 0 bridgehead atoms. The number of ether oxygens (including phenoxy) is 1. The van der Waals surface area contributed by atoms with Crippen molar-refractivity contribution in [1.29, 1.82) is 0 Å². The Bertz CT molecular complexity index is 1210. The van der Waals surface area contributed by atoms with Crippen LogP contribution in [0, 0.1) is 5.92 Å². The monoisotopic (exact) mass is 507 g/mol. The molecule has 0 saturated heterocycles. The van der Waals surface area contributed by atoms with Crippen LogP contribution in [0.5, 0.6) is 11.5 Å². The van der Waals surface area contributed by atoms with E-state index in [2.05, 4.69) is 32.7 Å². The molecular weight excluding hydrogens is 470 g/mol. The Morgan fingerprint density at radius 3 is 2.65 bits per heavy atom. The normalized spacial score (nSPS) is 21.1. The van der Waals surface area contributed by atoms with Crippen molar-refractivity contribution in [3.05, 3.63) is 40.4 Å². The van der Waals surface area contributed by atoms with E-state index in [-0.39, 0.29) is 29.5 Å². The van der Waals surface area contributed by atoms with E-state index in [9.17, 15) is 9.59 Å². The van der Waals surface area contributed by atoms with Crippen LogP contribution in [0.25, 0.3) is 0 Å². The van der Waals surface area contributed by atoms with Gasteiger partial charge in [-0.2, -0.15) is 4.98 Å². The number of anilines is 2. The van der Waals surface area contributed by atoms with Gasteiger partial charge in [0.25, 0.3) is 0 Å². The van der Waals surface area contributed by atoms with Gasteiger partial charge in [0, 0.05) is 25.0 Å². The molecule has 5 rings (SSSR count). The van der Waals surface area contributed by atoms with Gasteiger partial charge in [0.2, 0.25) is 5.91 Å². The zero-order chi connectivity index (χ0) is 25.8. The minimum absolute atomic E-state index is 0.00473. The first-order chi connectivity index (χ1) is 18.0. The van der Waals surface area contributed by atoms with E-state index >= 15 is 0 Å². The number of rotatable bonds is 7. The number of nitrogens with two attached hydrogens (primary N) is 2. The van der Waals surface area contributed by atoms with Crippen molar-refractivity contribution in [2.45, 2.75) is 76.2 Å². The van der Waals surface area contributed by atoms with Crippen LogP contribution in [-0.4, -0.2) is 34.5 Å². The molecule has 1 amide bonds. The predicted molar refractivity (Wildman–Crippen MR) is 143 cm³/mol. The number of hydrogen-bond acceptors (Lipinski definition) is 6. The van der Waals surface area contributed by atoms with Crippen LogP contribution >= 0.6 is 0 Å². The average molecular weight is 508 g/mol. The Morgan fingerprint density at radius 2 is 1.89 bits per heavy atom. The first-order valence-corrected chi connectivity index (χ1v) is 13.5. The molecule has 0 atom stereocenters. The van der Waals surface area contributed by atoms with Gasteiger partial charge in [-0.1, -0.05) is 25.3 Å². The standard InChI is InChI=1S/C27H37N7O3/c28-26(29)31-14-4-13-30-25(35)18-7-10-20(11-8-18)34-16-23-24(33-27(34)36)32-21-15-19(9-12-22(21)37-23)17-5-2-1-3-6-17/h9,12,15-18,20H,1-8,10-11,13-14H2,(H,30,35)(H4,28,29,31)(H,32,33,36). The molecule has 3 aliphatic rings. The topological polar surface area (TPSA) is 150 Å². The summed E-state index contributed by atoms with van der Waals surface area (Å²) < 4.78 is 7.84.